The lowest BCUT2D eigenvalue weighted by molar-refractivity contribution is -0.136. The van der Waals surface area contributed by atoms with E-state index in [-0.39, 0.29) is 5.97 Å². The zero-order valence-corrected chi connectivity index (χ0v) is 9.50. The lowest BCUT2D eigenvalue weighted by Gasteiger charge is -2.05. The second kappa shape index (κ2) is 4.38. The van der Waals surface area contributed by atoms with E-state index < -0.39 is 0 Å². The molecule has 0 bridgehead atoms. The Bertz CT molecular complexity index is 256. The molecule has 2 unspecified atom stereocenters. The summed E-state index contributed by atoms with van der Waals surface area (Å²) in [6.07, 6.45) is 7.94. The van der Waals surface area contributed by atoms with Crippen LogP contribution in [0.25, 0.3) is 0 Å². The van der Waals surface area contributed by atoms with E-state index in [9.17, 15) is 4.79 Å². The number of ether oxygens (including phenoxy) is 1. The minimum atomic E-state index is -0.202. The van der Waals surface area contributed by atoms with Crippen molar-refractivity contribution in [1.82, 2.24) is 0 Å². The second-order valence-corrected chi connectivity index (χ2v) is 4.86. The first kappa shape index (κ1) is 10.7. The highest BCUT2D eigenvalue weighted by atomic mass is 16.5. The van der Waals surface area contributed by atoms with Crippen molar-refractivity contribution in [2.75, 3.05) is 7.11 Å². The van der Waals surface area contributed by atoms with Gasteiger partial charge in [-0.05, 0) is 30.6 Å². The first-order valence-electron chi connectivity index (χ1n) is 6.03. The molecule has 2 saturated carbocycles. The summed E-state index contributed by atoms with van der Waals surface area (Å²) in [7, 11) is 1.44. The first-order valence-corrected chi connectivity index (χ1v) is 6.03. The Morgan fingerprint density at radius 1 is 1.13 bits per heavy atom. The summed E-state index contributed by atoms with van der Waals surface area (Å²) in [5.41, 5.74) is 0.717. The predicted octanol–water partition coefficient (Wildman–Crippen LogP) is 2.93. The molecular formula is C13H20O2. The van der Waals surface area contributed by atoms with E-state index in [1.807, 2.05) is 0 Å². The Balaban J connectivity index is 1.95. The van der Waals surface area contributed by atoms with Gasteiger partial charge in [-0.1, -0.05) is 32.3 Å². The van der Waals surface area contributed by atoms with Crippen molar-refractivity contribution < 1.29 is 9.53 Å². The summed E-state index contributed by atoms with van der Waals surface area (Å²) in [5, 5.41) is 0. The van der Waals surface area contributed by atoms with Gasteiger partial charge in [-0.3, -0.25) is 0 Å². The molecule has 0 amide bonds. The maximum atomic E-state index is 11.4. The van der Waals surface area contributed by atoms with Crippen molar-refractivity contribution in [3.63, 3.8) is 0 Å². The fourth-order valence-electron chi connectivity index (χ4n) is 3.13. The first-order chi connectivity index (χ1) is 7.25. The molecule has 2 fully saturated rings. The minimum absolute atomic E-state index is 0.202. The van der Waals surface area contributed by atoms with Gasteiger partial charge in [0.1, 0.15) is 0 Å². The third-order valence-corrected chi connectivity index (χ3v) is 4.01. The minimum Gasteiger partial charge on any atom is -0.466 e. The molecule has 0 N–H and O–H groups in total. The molecule has 0 aromatic carbocycles. The molecule has 84 valence electrons. The predicted molar refractivity (Wildman–Crippen MR) is 59.3 cm³/mol. The van der Waals surface area contributed by atoms with Crippen molar-refractivity contribution in [3.8, 4) is 0 Å². The summed E-state index contributed by atoms with van der Waals surface area (Å²) < 4.78 is 4.74. The van der Waals surface area contributed by atoms with Crippen LogP contribution in [0.3, 0.4) is 0 Å². The fraction of sp³-hybridized carbons (Fsp3) is 0.769. The zero-order chi connectivity index (χ0) is 10.8. The average Bonchev–Trinajstić information content (AvgIpc) is 2.87. The normalized spacial score (nSPS) is 34.6. The number of methoxy groups -OCH3 is 1. The molecule has 0 aromatic rings. The summed E-state index contributed by atoms with van der Waals surface area (Å²) in [4.78, 5) is 11.4. The topological polar surface area (TPSA) is 26.3 Å². The van der Waals surface area contributed by atoms with Crippen molar-refractivity contribution >= 4 is 5.97 Å². The molecule has 0 heterocycles. The Labute approximate surface area is 91.7 Å². The van der Waals surface area contributed by atoms with Gasteiger partial charge in [0.2, 0.25) is 0 Å². The molecule has 0 radical (unpaired) electrons. The van der Waals surface area contributed by atoms with E-state index >= 15 is 0 Å². The summed E-state index contributed by atoms with van der Waals surface area (Å²) in [6, 6.07) is 0. The molecule has 2 aliphatic rings. The quantitative estimate of drug-likeness (QED) is 0.515. The Morgan fingerprint density at radius 3 is 2.13 bits per heavy atom. The van der Waals surface area contributed by atoms with Gasteiger partial charge in [0.15, 0.2) is 0 Å². The monoisotopic (exact) mass is 208 g/mol. The standard InChI is InChI=1S/C13H20O2/c1-9(13(14)15-2)12-10-7-5-3-4-6-8-11(10)12/h10-12H,1,3-8H2,2H3. The SMILES string of the molecule is C=C(C(=O)OC)C1C2CCCCCCC21. The van der Waals surface area contributed by atoms with E-state index in [0.29, 0.717) is 5.92 Å². The van der Waals surface area contributed by atoms with Crippen LogP contribution in [0.2, 0.25) is 0 Å². The highest BCUT2D eigenvalue weighted by molar-refractivity contribution is 5.89. The van der Waals surface area contributed by atoms with Gasteiger partial charge in [0.25, 0.3) is 0 Å². The summed E-state index contributed by atoms with van der Waals surface area (Å²) in [6.45, 7) is 3.90. The lowest BCUT2D eigenvalue weighted by Crippen LogP contribution is -2.06. The van der Waals surface area contributed by atoms with Crippen LogP contribution in [-0.4, -0.2) is 13.1 Å². The molecule has 2 atom stereocenters. The van der Waals surface area contributed by atoms with Gasteiger partial charge in [0, 0.05) is 5.57 Å². The molecule has 15 heavy (non-hydrogen) atoms. The highest BCUT2D eigenvalue weighted by Gasteiger charge is 2.51. The molecule has 2 aliphatic carbocycles. The Hall–Kier alpha value is -0.790. The van der Waals surface area contributed by atoms with E-state index in [0.717, 1.165) is 17.4 Å². The van der Waals surface area contributed by atoms with Crippen LogP contribution < -0.4 is 0 Å². The Morgan fingerprint density at radius 2 is 1.67 bits per heavy atom. The number of rotatable bonds is 2. The number of carbonyl (C=O) groups is 1. The second-order valence-electron chi connectivity index (χ2n) is 4.86. The maximum absolute atomic E-state index is 11.4. The van der Waals surface area contributed by atoms with Gasteiger partial charge < -0.3 is 4.74 Å². The van der Waals surface area contributed by atoms with Gasteiger partial charge in [-0.2, -0.15) is 0 Å². The lowest BCUT2D eigenvalue weighted by atomic mass is 10.0. The van der Waals surface area contributed by atoms with Crippen LogP contribution >= 0.6 is 0 Å². The largest absolute Gasteiger partial charge is 0.466 e. The van der Waals surface area contributed by atoms with Crippen molar-refractivity contribution in [2.24, 2.45) is 17.8 Å². The number of esters is 1. The summed E-state index contributed by atoms with van der Waals surface area (Å²) in [5.74, 6) is 1.70. The highest BCUT2D eigenvalue weighted by Crippen LogP contribution is 2.56. The van der Waals surface area contributed by atoms with Crippen LogP contribution in [0.4, 0.5) is 0 Å². The van der Waals surface area contributed by atoms with E-state index in [4.69, 9.17) is 4.74 Å². The molecule has 2 rings (SSSR count). The molecular weight excluding hydrogens is 188 g/mol. The fourth-order valence-corrected chi connectivity index (χ4v) is 3.13. The molecule has 2 heteroatoms. The zero-order valence-electron chi connectivity index (χ0n) is 9.50. The number of carbonyl (C=O) groups excluding carboxylic acids is 1. The van der Waals surface area contributed by atoms with Crippen LogP contribution in [0.1, 0.15) is 38.5 Å². The molecule has 2 nitrogen and oxygen atoms in total. The van der Waals surface area contributed by atoms with E-state index in [1.165, 1.54) is 45.6 Å². The van der Waals surface area contributed by atoms with Crippen LogP contribution in [0, 0.1) is 17.8 Å². The number of fused-ring (bicyclic) bond motifs is 1. The molecule has 0 aliphatic heterocycles. The summed E-state index contributed by atoms with van der Waals surface area (Å²) >= 11 is 0. The van der Waals surface area contributed by atoms with Gasteiger partial charge in [-0.25, -0.2) is 4.79 Å². The van der Waals surface area contributed by atoms with E-state index in [2.05, 4.69) is 6.58 Å². The van der Waals surface area contributed by atoms with Crippen LogP contribution in [-0.2, 0) is 9.53 Å². The van der Waals surface area contributed by atoms with E-state index in [1.54, 1.807) is 0 Å². The van der Waals surface area contributed by atoms with Crippen molar-refractivity contribution in [1.29, 1.82) is 0 Å². The van der Waals surface area contributed by atoms with Crippen molar-refractivity contribution in [3.05, 3.63) is 12.2 Å². The van der Waals surface area contributed by atoms with Crippen molar-refractivity contribution in [2.45, 2.75) is 38.5 Å². The third-order valence-electron chi connectivity index (χ3n) is 4.01. The smallest absolute Gasteiger partial charge is 0.333 e. The van der Waals surface area contributed by atoms with Gasteiger partial charge >= 0.3 is 5.97 Å². The third kappa shape index (κ3) is 2.09. The van der Waals surface area contributed by atoms with Gasteiger partial charge in [0.05, 0.1) is 7.11 Å². The average molecular weight is 208 g/mol. The molecule has 0 saturated heterocycles. The Kier molecular flexibility index (Phi) is 3.13. The van der Waals surface area contributed by atoms with Gasteiger partial charge in [-0.15, -0.1) is 0 Å². The molecule has 0 spiro atoms. The van der Waals surface area contributed by atoms with Crippen LogP contribution in [0.15, 0.2) is 12.2 Å². The maximum Gasteiger partial charge on any atom is 0.333 e. The molecule has 0 aromatic heterocycles. The van der Waals surface area contributed by atoms with Crippen LogP contribution in [0.5, 0.6) is 0 Å². The number of hydrogen-bond donors (Lipinski definition) is 0. The number of hydrogen-bond acceptors (Lipinski definition) is 2.